The van der Waals surface area contributed by atoms with E-state index in [2.05, 4.69) is 31.3 Å². The Bertz CT molecular complexity index is 982. The van der Waals surface area contributed by atoms with E-state index in [1.54, 1.807) is 0 Å². The number of rotatable bonds is 62. The van der Waals surface area contributed by atoms with Crippen LogP contribution in [0.15, 0.2) is 12.2 Å². The fourth-order valence-corrected chi connectivity index (χ4v) is 10.8. The molecule has 0 radical (unpaired) electrons. The minimum atomic E-state index is -0.657. The molecule has 0 aromatic rings. The third-order valence-electron chi connectivity index (χ3n) is 15.8. The quantitative estimate of drug-likeness (QED) is 0.0420. The van der Waals surface area contributed by atoms with Gasteiger partial charge >= 0.3 is 0 Å². The number of aliphatic hydroxyl groups is 2. The molecule has 0 aliphatic carbocycles. The molecule has 3 N–H and O–H groups in total. The van der Waals surface area contributed by atoms with Crippen LogP contribution in [-0.2, 0) is 4.79 Å². The van der Waals surface area contributed by atoms with Crippen LogP contribution in [0.2, 0.25) is 0 Å². The smallest absolute Gasteiger partial charge is 0.220 e. The highest BCUT2D eigenvalue weighted by molar-refractivity contribution is 5.76. The van der Waals surface area contributed by atoms with Crippen molar-refractivity contribution in [2.24, 2.45) is 0 Å². The van der Waals surface area contributed by atoms with E-state index in [-0.39, 0.29) is 12.5 Å². The van der Waals surface area contributed by atoms with Crippen molar-refractivity contribution in [1.29, 1.82) is 0 Å². The molecule has 4 heteroatoms. The zero-order valence-electron chi connectivity index (χ0n) is 48.3. The summed E-state index contributed by atoms with van der Waals surface area (Å²) in [5.41, 5.74) is 0. The van der Waals surface area contributed by atoms with Gasteiger partial charge in [0.15, 0.2) is 0 Å². The van der Waals surface area contributed by atoms with E-state index in [4.69, 9.17) is 0 Å². The van der Waals surface area contributed by atoms with Gasteiger partial charge in [0.05, 0.1) is 18.8 Å². The highest BCUT2D eigenvalue weighted by Crippen LogP contribution is 2.19. The SMILES string of the molecule is CCCCCCCCCCCCCCCCCC/C=C\CCCCCCCCCCCCCCCCCCCC(=O)NC(CO)C(O)CCCCCCCCCCCCCCCCCCCCCCC. The largest absolute Gasteiger partial charge is 0.394 e. The molecule has 0 aliphatic rings. The summed E-state index contributed by atoms with van der Waals surface area (Å²) in [6.07, 6.45) is 82.5. The van der Waals surface area contributed by atoms with Gasteiger partial charge in [0, 0.05) is 6.42 Å². The molecule has 0 heterocycles. The monoisotopic (exact) mass is 986 g/mol. The van der Waals surface area contributed by atoms with Crippen LogP contribution in [0, 0.1) is 0 Å². The molecule has 0 aromatic carbocycles. The van der Waals surface area contributed by atoms with E-state index in [1.807, 2.05) is 0 Å². The molecule has 0 bridgehead atoms. The molecule has 0 aromatic heterocycles. The first kappa shape index (κ1) is 69.1. The summed E-state index contributed by atoms with van der Waals surface area (Å²) in [7, 11) is 0. The number of unbranched alkanes of at least 4 members (excludes halogenated alkanes) is 53. The van der Waals surface area contributed by atoms with Crippen LogP contribution < -0.4 is 5.32 Å². The maximum Gasteiger partial charge on any atom is 0.220 e. The van der Waals surface area contributed by atoms with Gasteiger partial charge in [0.1, 0.15) is 0 Å². The number of amides is 1. The van der Waals surface area contributed by atoms with Gasteiger partial charge in [0.25, 0.3) is 0 Å². The minimum absolute atomic E-state index is 0.0223. The number of carbonyl (C=O) groups is 1. The highest BCUT2D eigenvalue weighted by Gasteiger charge is 2.20. The van der Waals surface area contributed by atoms with E-state index in [0.29, 0.717) is 12.8 Å². The Morgan fingerprint density at radius 3 is 0.786 bits per heavy atom. The molecule has 4 nitrogen and oxygen atoms in total. The van der Waals surface area contributed by atoms with Crippen molar-refractivity contribution in [2.45, 2.75) is 398 Å². The number of carbonyl (C=O) groups excluding carboxylic acids is 1. The van der Waals surface area contributed by atoms with Gasteiger partial charge in [-0.15, -0.1) is 0 Å². The number of aliphatic hydroxyl groups excluding tert-OH is 2. The molecular formula is C66H131NO3. The minimum Gasteiger partial charge on any atom is -0.394 e. The molecule has 0 spiro atoms. The van der Waals surface area contributed by atoms with E-state index < -0.39 is 12.1 Å². The van der Waals surface area contributed by atoms with Crippen molar-refractivity contribution < 1.29 is 15.0 Å². The van der Waals surface area contributed by atoms with Crippen molar-refractivity contribution in [3.8, 4) is 0 Å². The Hall–Kier alpha value is -0.870. The first-order chi connectivity index (χ1) is 34.7. The zero-order chi connectivity index (χ0) is 50.6. The van der Waals surface area contributed by atoms with Crippen molar-refractivity contribution >= 4 is 5.91 Å². The second-order valence-corrected chi connectivity index (χ2v) is 22.9. The van der Waals surface area contributed by atoms with E-state index >= 15 is 0 Å². The first-order valence-corrected chi connectivity index (χ1v) is 32.9. The Morgan fingerprint density at radius 1 is 0.329 bits per heavy atom. The summed E-state index contributed by atoms with van der Waals surface area (Å²) < 4.78 is 0. The Kier molecular flexibility index (Phi) is 61.6. The van der Waals surface area contributed by atoms with Gasteiger partial charge < -0.3 is 15.5 Å². The normalized spacial score (nSPS) is 12.7. The molecule has 0 saturated carbocycles. The fourth-order valence-electron chi connectivity index (χ4n) is 10.8. The Morgan fingerprint density at radius 2 is 0.543 bits per heavy atom. The van der Waals surface area contributed by atoms with E-state index in [0.717, 1.165) is 25.7 Å². The Balaban J connectivity index is 3.37. The predicted molar refractivity (Wildman–Crippen MR) is 313 cm³/mol. The topological polar surface area (TPSA) is 69.6 Å². The lowest BCUT2D eigenvalue weighted by molar-refractivity contribution is -0.123. The molecule has 0 fully saturated rings. The summed E-state index contributed by atoms with van der Waals surface area (Å²) in [5.74, 6) is -0.0223. The maximum atomic E-state index is 12.5. The third-order valence-corrected chi connectivity index (χ3v) is 15.8. The second kappa shape index (κ2) is 62.4. The lowest BCUT2D eigenvalue weighted by Crippen LogP contribution is -2.45. The van der Waals surface area contributed by atoms with Crippen molar-refractivity contribution in [2.75, 3.05) is 6.61 Å². The molecule has 0 aliphatic heterocycles. The molecule has 2 atom stereocenters. The van der Waals surface area contributed by atoms with Gasteiger partial charge in [-0.05, 0) is 38.5 Å². The van der Waals surface area contributed by atoms with Gasteiger partial charge in [-0.2, -0.15) is 0 Å². The third kappa shape index (κ3) is 58.0. The summed E-state index contributed by atoms with van der Waals surface area (Å²) in [4.78, 5) is 12.5. The summed E-state index contributed by atoms with van der Waals surface area (Å²) in [6.45, 7) is 4.41. The Labute approximate surface area is 441 Å². The molecule has 70 heavy (non-hydrogen) atoms. The van der Waals surface area contributed by atoms with Crippen molar-refractivity contribution in [1.82, 2.24) is 5.32 Å². The van der Waals surface area contributed by atoms with Crippen LogP contribution in [-0.4, -0.2) is 34.9 Å². The van der Waals surface area contributed by atoms with Gasteiger partial charge in [-0.25, -0.2) is 0 Å². The fraction of sp³-hybridized carbons (Fsp3) is 0.955. The van der Waals surface area contributed by atoms with Crippen molar-refractivity contribution in [3.63, 3.8) is 0 Å². The lowest BCUT2D eigenvalue weighted by atomic mass is 10.0. The van der Waals surface area contributed by atoms with Gasteiger partial charge in [0.2, 0.25) is 5.91 Å². The molecule has 1 amide bonds. The molecular weight excluding hydrogens is 855 g/mol. The number of nitrogens with one attached hydrogen (secondary N) is 1. The first-order valence-electron chi connectivity index (χ1n) is 32.9. The van der Waals surface area contributed by atoms with Crippen LogP contribution in [0.4, 0.5) is 0 Å². The van der Waals surface area contributed by atoms with Crippen molar-refractivity contribution in [3.05, 3.63) is 12.2 Å². The van der Waals surface area contributed by atoms with Gasteiger partial charge in [-0.1, -0.05) is 353 Å². The average molecular weight is 987 g/mol. The number of allylic oxidation sites excluding steroid dienone is 2. The molecule has 0 saturated heterocycles. The predicted octanol–water partition coefficient (Wildman–Crippen LogP) is 22.0. The van der Waals surface area contributed by atoms with Gasteiger partial charge in [-0.3, -0.25) is 4.79 Å². The standard InChI is InChI=1S/C66H131NO3/c1-3-5-7-9-11-13-15-17-19-21-23-25-26-27-28-29-30-31-32-33-34-35-36-37-38-39-40-42-44-46-48-50-52-54-56-58-60-62-66(70)67-64(63-68)65(69)61-59-57-55-53-51-49-47-45-43-41-24-22-20-18-16-14-12-10-8-6-4-2/h31-32,64-65,68-69H,3-30,33-63H2,1-2H3,(H,67,70)/b32-31-. The number of hydrogen-bond acceptors (Lipinski definition) is 3. The van der Waals surface area contributed by atoms with Crippen LogP contribution in [0.5, 0.6) is 0 Å². The summed E-state index contributed by atoms with van der Waals surface area (Å²) in [5, 5.41) is 23.4. The van der Waals surface area contributed by atoms with Crippen LogP contribution in [0.1, 0.15) is 386 Å². The van der Waals surface area contributed by atoms with E-state index in [1.165, 1.54) is 334 Å². The molecule has 418 valence electrons. The highest BCUT2D eigenvalue weighted by atomic mass is 16.3. The van der Waals surface area contributed by atoms with Crippen LogP contribution in [0.25, 0.3) is 0 Å². The molecule has 0 rings (SSSR count). The maximum absolute atomic E-state index is 12.5. The number of hydrogen-bond donors (Lipinski definition) is 3. The second-order valence-electron chi connectivity index (χ2n) is 22.9. The van der Waals surface area contributed by atoms with E-state index in [9.17, 15) is 15.0 Å². The van der Waals surface area contributed by atoms with Crippen LogP contribution in [0.3, 0.4) is 0 Å². The summed E-state index contributed by atoms with van der Waals surface area (Å²) >= 11 is 0. The lowest BCUT2D eigenvalue weighted by Gasteiger charge is -2.22. The summed E-state index contributed by atoms with van der Waals surface area (Å²) in [6, 6.07) is -0.534. The molecule has 2 unspecified atom stereocenters. The average Bonchev–Trinajstić information content (AvgIpc) is 3.36. The van der Waals surface area contributed by atoms with Crippen LogP contribution >= 0.6 is 0 Å². The zero-order valence-corrected chi connectivity index (χ0v) is 48.3.